The highest BCUT2D eigenvalue weighted by Gasteiger charge is 2.39. The van der Waals surface area contributed by atoms with E-state index in [1.54, 1.807) is 24.1 Å². The highest BCUT2D eigenvalue weighted by atomic mass is 16.5. The number of rotatable bonds is 6. The second-order valence-electron chi connectivity index (χ2n) is 6.25. The van der Waals surface area contributed by atoms with Crippen LogP contribution < -0.4 is 4.90 Å². The van der Waals surface area contributed by atoms with Crippen LogP contribution in [0.5, 0.6) is 0 Å². The van der Waals surface area contributed by atoms with E-state index in [1.165, 1.54) is 0 Å². The molecule has 0 radical (unpaired) electrons. The minimum atomic E-state index is -1.07. The zero-order chi connectivity index (χ0) is 16.4. The van der Waals surface area contributed by atoms with Crippen molar-refractivity contribution in [3.8, 4) is 11.3 Å². The number of hydrogen-bond donors (Lipinski definition) is 2. The third-order valence-corrected chi connectivity index (χ3v) is 4.61. The number of aromatic carboxylic acids is 1. The van der Waals surface area contributed by atoms with E-state index in [0.717, 1.165) is 19.3 Å². The first kappa shape index (κ1) is 15.6. The van der Waals surface area contributed by atoms with E-state index < -0.39 is 5.97 Å². The monoisotopic (exact) mass is 316 g/mol. The fraction of sp³-hybridized carbons (Fsp3) is 0.412. The van der Waals surface area contributed by atoms with E-state index in [-0.39, 0.29) is 23.3 Å². The van der Waals surface area contributed by atoms with Gasteiger partial charge in [0.2, 0.25) is 0 Å². The van der Waals surface area contributed by atoms with Crippen molar-refractivity contribution < 1.29 is 19.5 Å². The van der Waals surface area contributed by atoms with E-state index in [2.05, 4.69) is 5.16 Å². The van der Waals surface area contributed by atoms with Gasteiger partial charge in [-0.25, -0.2) is 4.79 Å². The van der Waals surface area contributed by atoms with Gasteiger partial charge in [0.1, 0.15) is 0 Å². The van der Waals surface area contributed by atoms with Crippen LogP contribution in [0, 0.1) is 5.41 Å². The van der Waals surface area contributed by atoms with Crippen LogP contribution in [-0.2, 0) is 0 Å². The molecule has 1 saturated carbocycles. The summed E-state index contributed by atoms with van der Waals surface area (Å²) in [6.07, 6.45) is 2.98. The topological polar surface area (TPSA) is 86.8 Å². The Morgan fingerprint density at radius 2 is 2.04 bits per heavy atom. The third-order valence-electron chi connectivity index (χ3n) is 4.61. The lowest BCUT2D eigenvalue weighted by Gasteiger charge is -2.42. The summed E-state index contributed by atoms with van der Waals surface area (Å²) in [5, 5.41) is 23.2. The fourth-order valence-electron chi connectivity index (χ4n) is 3.14. The maximum Gasteiger partial charge on any atom is 0.343 e. The predicted molar refractivity (Wildman–Crippen MR) is 85.5 cm³/mol. The number of nitrogens with zero attached hydrogens (tertiary/aromatic N) is 2. The zero-order valence-electron chi connectivity index (χ0n) is 13.0. The second kappa shape index (κ2) is 6.04. The molecule has 0 saturated heterocycles. The maximum absolute atomic E-state index is 11.7. The van der Waals surface area contributed by atoms with E-state index >= 15 is 0 Å². The summed E-state index contributed by atoms with van der Waals surface area (Å²) in [5.41, 5.74) is 0.583. The zero-order valence-corrected chi connectivity index (χ0v) is 13.0. The molecular formula is C17H20N2O4. The van der Waals surface area contributed by atoms with Crippen molar-refractivity contribution in [2.24, 2.45) is 5.41 Å². The summed E-state index contributed by atoms with van der Waals surface area (Å²) < 4.78 is 5.33. The highest BCUT2D eigenvalue weighted by molar-refractivity contribution is 5.99. The highest BCUT2D eigenvalue weighted by Crippen LogP contribution is 2.42. The van der Waals surface area contributed by atoms with Gasteiger partial charge in [0.25, 0.3) is 0 Å². The predicted octanol–water partition coefficient (Wildman–Crippen LogP) is 2.64. The molecule has 1 aliphatic rings. The molecule has 1 aromatic carbocycles. The Kier molecular flexibility index (Phi) is 4.09. The van der Waals surface area contributed by atoms with Gasteiger partial charge < -0.3 is 19.6 Å². The maximum atomic E-state index is 11.7. The lowest BCUT2D eigenvalue weighted by Crippen LogP contribution is -2.44. The van der Waals surface area contributed by atoms with Gasteiger partial charge in [0.05, 0.1) is 6.61 Å². The van der Waals surface area contributed by atoms with Gasteiger partial charge >= 0.3 is 5.97 Å². The summed E-state index contributed by atoms with van der Waals surface area (Å²) in [6, 6.07) is 9.08. The minimum Gasteiger partial charge on any atom is -0.477 e. The minimum absolute atomic E-state index is 0.0612. The van der Waals surface area contributed by atoms with Crippen LogP contribution >= 0.6 is 0 Å². The van der Waals surface area contributed by atoms with E-state index in [4.69, 9.17) is 4.52 Å². The first-order valence-corrected chi connectivity index (χ1v) is 7.67. The largest absolute Gasteiger partial charge is 0.477 e. The molecule has 2 N–H and O–H groups in total. The quantitative estimate of drug-likeness (QED) is 0.852. The van der Waals surface area contributed by atoms with Crippen molar-refractivity contribution in [2.45, 2.75) is 19.3 Å². The van der Waals surface area contributed by atoms with Crippen molar-refractivity contribution >= 4 is 11.8 Å². The molecule has 6 nitrogen and oxygen atoms in total. The molecule has 3 rings (SSSR count). The number of carbonyl (C=O) groups is 1. The molecule has 1 fully saturated rings. The second-order valence-corrected chi connectivity index (χ2v) is 6.25. The van der Waals surface area contributed by atoms with E-state index in [9.17, 15) is 15.0 Å². The molecule has 6 heteroatoms. The van der Waals surface area contributed by atoms with Gasteiger partial charge in [-0.3, -0.25) is 0 Å². The first-order valence-electron chi connectivity index (χ1n) is 7.67. The Hall–Kier alpha value is -2.34. The Bertz CT molecular complexity index is 686. The molecule has 1 aliphatic carbocycles. The molecule has 0 spiro atoms. The van der Waals surface area contributed by atoms with Gasteiger partial charge in [-0.1, -0.05) is 41.9 Å². The molecule has 0 unspecified atom stereocenters. The molecule has 0 amide bonds. The third kappa shape index (κ3) is 2.82. The van der Waals surface area contributed by atoms with E-state index in [1.807, 2.05) is 18.2 Å². The van der Waals surface area contributed by atoms with Crippen molar-refractivity contribution in [2.75, 3.05) is 25.1 Å². The Labute approximate surface area is 134 Å². The number of aliphatic hydroxyl groups excluding tert-OH is 1. The van der Waals surface area contributed by atoms with Crippen LogP contribution in [0.3, 0.4) is 0 Å². The van der Waals surface area contributed by atoms with E-state index in [0.29, 0.717) is 17.9 Å². The molecule has 1 heterocycles. The average molecular weight is 316 g/mol. The number of aromatic nitrogens is 1. The van der Waals surface area contributed by atoms with Gasteiger partial charge in [-0.2, -0.15) is 0 Å². The van der Waals surface area contributed by atoms with Crippen LogP contribution in [-0.4, -0.2) is 41.5 Å². The van der Waals surface area contributed by atoms with Crippen LogP contribution in [0.1, 0.15) is 29.6 Å². The number of hydrogen-bond acceptors (Lipinski definition) is 5. The SMILES string of the molecule is CN(CC1(CO)CCC1)c1noc(-c2ccccc2)c1C(=O)O. The molecule has 23 heavy (non-hydrogen) atoms. The number of anilines is 1. The smallest absolute Gasteiger partial charge is 0.343 e. The van der Waals surface area contributed by atoms with Crippen LogP contribution in [0.2, 0.25) is 0 Å². The summed E-state index contributed by atoms with van der Waals surface area (Å²) in [5.74, 6) is -0.513. The van der Waals surface area contributed by atoms with Crippen LogP contribution in [0.15, 0.2) is 34.9 Å². The van der Waals surface area contributed by atoms with Gasteiger partial charge in [0.15, 0.2) is 17.1 Å². The first-order chi connectivity index (χ1) is 11.1. The Morgan fingerprint density at radius 3 is 2.57 bits per heavy atom. The summed E-state index contributed by atoms with van der Waals surface area (Å²) in [7, 11) is 1.79. The fourth-order valence-corrected chi connectivity index (χ4v) is 3.14. The Balaban J connectivity index is 1.93. The molecule has 0 aliphatic heterocycles. The molecule has 0 bridgehead atoms. The normalized spacial score (nSPS) is 15.9. The van der Waals surface area contributed by atoms with Crippen molar-refractivity contribution in [3.63, 3.8) is 0 Å². The van der Waals surface area contributed by atoms with Crippen LogP contribution in [0.25, 0.3) is 11.3 Å². The number of carboxylic acids is 1. The molecule has 0 atom stereocenters. The van der Waals surface area contributed by atoms with Gasteiger partial charge in [-0.05, 0) is 12.8 Å². The summed E-state index contributed by atoms with van der Waals surface area (Å²) in [6.45, 7) is 0.660. The summed E-state index contributed by atoms with van der Waals surface area (Å²) in [4.78, 5) is 13.5. The van der Waals surface area contributed by atoms with Crippen molar-refractivity contribution in [1.82, 2.24) is 5.16 Å². The van der Waals surface area contributed by atoms with Gasteiger partial charge in [0, 0.05) is 24.6 Å². The number of aliphatic hydroxyl groups is 1. The summed E-state index contributed by atoms with van der Waals surface area (Å²) >= 11 is 0. The van der Waals surface area contributed by atoms with Crippen LogP contribution in [0.4, 0.5) is 5.82 Å². The van der Waals surface area contributed by atoms with Gasteiger partial charge in [-0.15, -0.1) is 0 Å². The molecular weight excluding hydrogens is 296 g/mol. The lowest BCUT2D eigenvalue weighted by molar-refractivity contribution is 0.0521. The standard InChI is InChI=1S/C17H20N2O4/c1-19(10-17(11-20)8-5-9-17)15-13(16(21)22)14(23-18-15)12-6-3-2-4-7-12/h2-4,6-7,20H,5,8-11H2,1H3,(H,21,22). The molecule has 2 aromatic rings. The Morgan fingerprint density at radius 1 is 1.35 bits per heavy atom. The number of carboxylic acid groups (broad SMARTS) is 1. The molecule has 1 aromatic heterocycles. The number of benzene rings is 1. The molecule has 122 valence electrons. The average Bonchev–Trinajstić information content (AvgIpc) is 2.97. The van der Waals surface area contributed by atoms with Crippen molar-refractivity contribution in [1.29, 1.82) is 0 Å². The lowest BCUT2D eigenvalue weighted by atomic mass is 9.69. The van der Waals surface area contributed by atoms with Crippen molar-refractivity contribution in [3.05, 3.63) is 35.9 Å².